The van der Waals surface area contributed by atoms with Crippen molar-refractivity contribution in [3.05, 3.63) is 0 Å². The number of halogens is 5. The van der Waals surface area contributed by atoms with E-state index in [1.807, 2.05) is 0 Å². The highest BCUT2D eigenvalue weighted by atomic mass is 19.4. The van der Waals surface area contributed by atoms with Crippen LogP contribution in [0.2, 0.25) is 0 Å². The molecule has 8 heteroatoms. The maximum absolute atomic E-state index is 12.6. The van der Waals surface area contributed by atoms with Crippen molar-refractivity contribution in [2.75, 3.05) is 45.9 Å². The molecule has 18 heavy (non-hydrogen) atoms. The Bertz CT molecular complexity index is 237. The Morgan fingerprint density at radius 1 is 1.33 bits per heavy atom. The summed E-state index contributed by atoms with van der Waals surface area (Å²) in [5, 5.41) is 2.72. The summed E-state index contributed by atoms with van der Waals surface area (Å²) in [6.07, 6.45) is -6.78. The van der Waals surface area contributed by atoms with E-state index in [1.165, 1.54) is 0 Å². The lowest BCUT2D eigenvalue weighted by Gasteiger charge is -2.25. The van der Waals surface area contributed by atoms with Crippen molar-refractivity contribution in [3.8, 4) is 0 Å². The number of nitrogens with one attached hydrogen (secondary N) is 1. The van der Waals surface area contributed by atoms with Crippen LogP contribution in [0.25, 0.3) is 0 Å². The average Bonchev–Trinajstić information content (AvgIpc) is 2.48. The molecule has 1 N–H and O–H groups in total. The Labute approximate surface area is 102 Å². The average molecular weight is 276 g/mol. The predicted octanol–water partition coefficient (Wildman–Crippen LogP) is 1.35. The van der Waals surface area contributed by atoms with Crippen LogP contribution in [0.1, 0.15) is 0 Å². The Morgan fingerprint density at radius 2 is 2.06 bits per heavy atom. The van der Waals surface area contributed by atoms with Gasteiger partial charge >= 0.3 is 6.18 Å². The molecule has 0 amide bonds. The van der Waals surface area contributed by atoms with Gasteiger partial charge in [-0.2, -0.15) is 13.2 Å². The summed E-state index contributed by atoms with van der Waals surface area (Å²) in [4.78, 5) is 1.59. The molecule has 3 nitrogen and oxygen atoms in total. The molecule has 108 valence electrons. The summed E-state index contributed by atoms with van der Waals surface area (Å²) in [5.41, 5.74) is 0. The number of alkyl halides is 5. The summed E-state index contributed by atoms with van der Waals surface area (Å²) in [6.45, 7) is 0.295. The van der Waals surface area contributed by atoms with Gasteiger partial charge in [0.1, 0.15) is 6.61 Å². The van der Waals surface area contributed by atoms with Crippen LogP contribution in [-0.4, -0.2) is 63.4 Å². The zero-order valence-corrected chi connectivity index (χ0v) is 9.85. The molecule has 1 atom stereocenters. The lowest BCUT2D eigenvalue weighted by atomic mass is 10.1. The first-order valence-electron chi connectivity index (χ1n) is 5.75. The van der Waals surface area contributed by atoms with Crippen molar-refractivity contribution in [2.24, 2.45) is 5.92 Å². The number of hydrogen-bond donors (Lipinski definition) is 1. The molecule has 0 aromatic rings. The number of nitrogens with zero attached hydrogens (tertiary/aromatic N) is 1. The van der Waals surface area contributed by atoms with Gasteiger partial charge in [-0.25, -0.2) is 8.78 Å². The Hall–Kier alpha value is -0.470. The largest absolute Gasteiger partial charge is 0.394 e. The second-order valence-corrected chi connectivity index (χ2v) is 4.21. The molecule has 0 saturated carbocycles. The van der Waals surface area contributed by atoms with E-state index in [-0.39, 0.29) is 26.2 Å². The first-order valence-corrected chi connectivity index (χ1v) is 5.75. The number of rotatable bonds is 5. The van der Waals surface area contributed by atoms with Crippen LogP contribution in [0.4, 0.5) is 22.0 Å². The van der Waals surface area contributed by atoms with E-state index in [1.54, 1.807) is 4.90 Å². The van der Waals surface area contributed by atoms with Crippen LogP contribution in [0.3, 0.4) is 0 Å². The van der Waals surface area contributed by atoms with Gasteiger partial charge in [0.05, 0.1) is 12.5 Å². The van der Waals surface area contributed by atoms with E-state index >= 15 is 0 Å². The summed E-state index contributed by atoms with van der Waals surface area (Å²) in [5.74, 6) is -1.42. The van der Waals surface area contributed by atoms with Crippen molar-refractivity contribution >= 4 is 0 Å². The van der Waals surface area contributed by atoms with E-state index in [9.17, 15) is 22.0 Å². The molecule has 0 spiro atoms. The summed E-state index contributed by atoms with van der Waals surface area (Å²) >= 11 is 0. The zero-order chi connectivity index (χ0) is 13.6. The minimum absolute atomic E-state index is 0.0227. The van der Waals surface area contributed by atoms with Gasteiger partial charge in [0.25, 0.3) is 6.43 Å². The molecule has 1 saturated heterocycles. The zero-order valence-electron chi connectivity index (χ0n) is 9.85. The van der Waals surface area contributed by atoms with Crippen molar-refractivity contribution in [1.29, 1.82) is 0 Å². The summed E-state index contributed by atoms with van der Waals surface area (Å²) in [6, 6.07) is 0. The lowest BCUT2D eigenvalue weighted by Crippen LogP contribution is -2.39. The van der Waals surface area contributed by atoms with Crippen LogP contribution in [0.5, 0.6) is 0 Å². The minimum Gasteiger partial charge on any atom is -0.374 e. The van der Waals surface area contributed by atoms with Gasteiger partial charge in [0.2, 0.25) is 0 Å². The van der Waals surface area contributed by atoms with Gasteiger partial charge in [-0.15, -0.1) is 0 Å². The maximum atomic E-state index is 12.6. The van der Waals surface area contributed by atoms with Crippen molar-refractivity contribution in [2.45, 2.75) is 12.6 Å². The highest BCUT2D eigenvalue weighted by Gasteiger charge is 2.40. The lowest BCUT2D eigenvalue weighted by molar-refractivity contribution is -0.176. The minimum atomic E-state index is -4.24. The topological polar surface area (TPSA) is 24.5 Å². The summed E-state index contributed by atoms with van der Waals surface area (Å²) < 4.78 is 66.0. The second kappa shape index (κ2) is 7.20. The maximum Gasteiger partial charge on any atom is 0.394 e. The quantitative estimate of drug-likeness (QED) is 0.606. The van der Waals surface area contributed by atoms with E-state index in [0.29, 0.717) is 13.1 Å². The van der Waals surface area contributed by atoms with Gasteiger partial charge in [0.15, 0.2) is 0 Å². The molecule has 0 radical (unpaired) electrons. The molecule has 1 aliphatic rings. The predicted molar refractivity (Wildman–Crippen MR) is 55.7 cm³/mol. The molecule has 1 fully saturated rings. The van der Waals surface area contributed by atoms with Gasteiger partial charge < -0.3 is 10.1 Å². The third-order valence-corrected chi connectivity index (χ3v) is 2.73. The van der Waals surface area contributed by atoms with E-state index in [4.69, 9.17) is 0 Å². The SMILES string of the molecule is FC(F)COCCN1CCNCC(C(F)(F)F)C1. The van der Waals surface area contributed by atoms with Crippen LogP contribution >= 0.6 is 0 Å². The van der Waals surface area contributed by atoms with Crippen molar-refractivity contribution < 1.29 is 26.7 Å². The van der Waals surface area contributed by atoms with Crippen LogP contribution in [0, 0.1) is 5.92 Å². The first kappa shape index (κ1) is 15.6. The van der Waals surface area contributed by atoms with Gasteiger partial charge in [-0.1, -0.05) is 0 Å². The van der Waals surface area contributed by atoms with Crippen molar-refractivity contribution in [3.63, 3.8) is 0 Å². The van der Waals surface area contributed by atoms with Gasteiger partial charge in [-0.05, 0) is 0 Å². The van der Waals surface area contributed by atoms with E-state index < -0.39 is 25.1 Å². The fourth-order valence-electron chi connectivity index (χ4n) is 1.77. The molecule has 0 aliphatic carbocycles. The fourth-order valence-corrected chi connectivity index (χ4v) is 1.77. The Morgan fingerprint density at radius 3 is 2.67 bits per heavy atom. The molecular weight excluding hydrogens is 259 g/mol. The standard InChI is InChI=1S/C10H17F5N2O/c11-9(12)7-18-4-3-17-2-1-16-5-8(6-17)10(13,14)15/h8-9,16H,1-7H2. The molecule has 0 aromatic heterocycles. The van der Waals surface area contributed by atoms with E-state index in [0.717, 1.165) is 0 Å². The summed E-state index contributed by atoms with van der Waals surface area (Å²) in [7, 11) is 0. The molecule has 1 aliphatic heterocycles. The van der Waals surface area contributed by atoms with Crippen molar-refractivity contribution in [1.82, 2.24) is 10.2 Å². The normalized spacial score (nSPS) is 23.3. The first-order chi connectivity index (χ1) is 8.39. The number of hydrogen-bond acceptors (Lipinski definition) is 3. The molecule has 1 heterocycles. The molecular formula is C10H17F5N2O. The highest BCUT2D eigenvalue weighted by molar-refractivity contribution is 4.78. The molecule has 1 unspecified atom stereocenters. The smallest absolute Gasteiger partial charge is 0.374 e. The molecule has 0 aromatic carbocycles. The monoisotopic (exact) mass is 276 g/mol. The van der Waals surface area contributed by atoms with Crippen LogP contribution < -0.4 is 5.32 Å². The Kier molecular flexibility index (Phi) is 6.24. The van der Waals surface area contributed by atoms with Gasteiger partial charge in [0, 0.05) is 32.7 Å². The van der Waals surface area contributed by atoms with Gasteiger partial charge in [-0.3, -0.25) is 4.90 Å². The number of ether oxygens (including phenoxy) is 1. The second-order valence-electron chi connectivity index (χ2n) is 4.21. The Balaban J connectivity index is 2.31. The third kappa shape index (κ3) is 5.92. The molecule has 1 rings (SSSR count). The third-order valence-electron chi connectivity index (χ3n) is 2.73. The van der Waals surface area contributed by atoms with Crippen LogP contribution in [-0.2, 0) is 4.74 Å². The molecule has 0 bridgehead atoms. The van der Waals surface area contributed by atoms with E-state index in [2.05, 4.69) is 10.1 Å². The van der Waals surface area contributed by atoms with Crippen LogP contribution in [0.15, 0.2) is 0 Å². The highest BCUT2D eigenvalue weighted by Crippen LogP contribution is 2.27. The fraction of sp³-hybridized carbons (Fsp3) is 1.00.